The Kier molecular flexibility index (Phi) is 4.55. The Balaban J connectivity index is 2.77. The van der Waals surface area contributed by atoms with Crippen molar-refractivity contribution >= 4 is 27.0 Å². The molecule has 0 aliphatic heterocycles. The van der Waals surface area contributed by atoms with Crippen LogP contribution in [0.1, 0.15) is 52.4 Å². The third-order valence-corrected chi connectivity index (χ3v) is 4.88. The topological polar surface area (TPSA) is 43.8 Å². The summed E-state index contributed by atoms with van der Waals surface area (Å²) < 4.78 is 3.41. The zero-order chi connectivity index (χ0) is 14.9. The van der Waals surface area contributed by atoms with Gasteiger partial charge in [-0.15, -0.1) is 0 Å². The number of fused-ring (bicyclic) bond motifs is 1. The van der Waals surface area contributed by atoms with E-state index in [-0.39, 0.29) is 5.41 Å². The summed E-state index contributed by atoms with van der Waals surface area (Å²) in [6, 6.07) is 6.68. The van der Waals surface area contributed by atoms with E-state index < -0.39 is 0 Å². The standard InChI is InChI=1S/C16H24BrN3/c1-5-16(6-2,10-18)15-19-13-9-12(17)7-8-14(13)20(15)11(3)4/h7-9,11H,5-6,10,18H2,1-4H3. The largest absolute Gasteiger partial charge is 0.329 e. The average Bonchev–Trinajstić information content (AvgIpc) is 2.80. The number of nitrogens with zero attached hydrogens (tertiary/aromatic N) is 2. The van der Waals surface area contributed by atoms with Crippen molar-refractivity contribution in [2.45, 2.75) is 52.0 Å². The Labute approximate surface area is 129 Å². The van der Waals surface area contributed by atoms with Crippen molar-refractivity contribution in [2.75, 3.05) is 6.54 Å². The van der Waals surface area contributed by atoms with E-state index >= 15 is 0 Å². The zero-order valence-electron chi connectivity index (χ0n) is 12.8. The van der Waals surface area contributed by atoms with Gasteiger partial charge >= 0.3 is 0 Å². The predicted molar refractivity (Wildman–Crippen MR) is 89.1 cm³/mol. The number of halogens is 1. The first-order chi connectivity index (χ1) is 9.49. The van der Waals surface area contributed by atoms with Crippen molar-refractivity contribution in [3.63, 3.8) is 0 Å². The summed E-state index contributed by atoms with van der Waals surface area (Å²) in [5, 5.41) is 0. The molecule has 0 unspecified atom stereocenters. The highest BCUT2D eigenvalue weighted by molar-refractivity contribution is 9.10. The molecule has 2 rings (SSSR count). The minimum Gasteiger partial charge on any atom is -0.329 e. The second-order valence-corrected chi connectivity index (χ2v) is 6.64. The zero-order valence-corrected chi connectivity index (χ0v) is 14.4. The summed E-state index contributed by atoms with van der Waals surface area (Å²) in [6.45, 7) is 9.46. The molecule has 0 radical (unpaired) electrons. The van der Waals surface area contributed by atoms with E-state index in [9.17, 15) is 0 Å². The number of nitrogens with two attached hydrogens (primary N) is 1. The van der Waals surface area contributed by atoms with Crippen molar-refractivity contribution in [3.05, 3.63) is 28.5 Å². The summed E-state index contributed by atoms with van der Waals surface area (Å²) in [4.78, 5) is 4.93. The highest BCUT2D eigenvalue weighted by Gasteiger charge is 2.33. The predicted octanol–water partition coefficient (Wildman–Crippen LogP) is 4.40. The maximum Gasteiger partial charge on any atom is 0.117 e. The summed E-state index contributed by atoms with van der Waals surface area (Å²) in [5.41, 5.74) is 8.32. The first kappa shape index (κ1) is 15.5. The molecule has 0 spiro atoms. The third kappa shape index (κ3) is 2.40. The van der Waals surface area contributed by atoms with Crippen LogP contribution in [-0.4, -0.2) is 16.1 Å². The van der Waals surface area contributed by atoms with Crippen molar-refractivity contribution in [2.24, 2.45) is 5.73 Å². The molecule has 20 heavy (non-hydrogen) atoms. The molecule has 0 fully saturated rings. The molecule has 4 heteroatoms. The number of aromatic nitrogens is 2. The van der Waals surface area contributed by atoms with Crippen LogP contribution in [0.2, 0.25) is 0 Å². The fraction of sp³-hybridized carbons (Fsp3) is 0.562. The van der Waals surface area contributed by atoms with Crippen LogP contribution in [0.5, 0.6) is 0 Å². The van der Waals surface area contributed by atoms with Gasteiger partial charge in [-0.1, -0.05) is 29.8 Å². The van der Waals surface area contributed by atoms with Crippen molar-refractivity contribution in [3.8, 4) is 0 Å². The molecule has 2 N–H and O–H groups in total. The summed E-state index contributed by atoms with van der Waals surface area (Å²) in [6.07, 6.45) is 2.02. The number of hydrogen-bond acceptors (Lipinski definition) is 2. The smallest absolute Gasteiger partial charge is 0.117 e. The molecule has 1 heterocycles. The normalized spacial score (nSPS) is 12.6. The highest BCUT2D eigenvalue weighted by Crippen LogP contribution is 2.35. The second kappa shape index (κ2) is 5.86. The minimum absolute atomic E-state index is 0.0320. The van der Waals surface area contributed by atoms with E-state index in [0.29, 0.717) is 12.6 Å². The molecule has 0 atom stereocenters. The lowest BCUT2D eigenvalue weighted by molar-refractivity contribution is 0.359. The first-order valence-corrected chi connectivity index (χ1v) is 8.16. The van der Waals surface area contributed by atoms with Crippen molar-refractivity contribution < 1.29 is 0 Å². The molecule has 0 bridgehead atoms. The van der Waals surface area contributed by atoms with Crippen LogP contribution in [-0.2, 0) is 5.41 Å². The van der Waals surface area contributed by atoms with Crippen molar-refractivity contribution in [1.82, 2.24) is 9.55 Å². The summed E-state index contributed by atoms with van der Waals surface area (Å²) >= 11 is 3.53. The van der Waals surface area contributed by atoms with Gasteiger partial charge in [0.15, 0.2) is 0 Å². The highest BCUT2D eigenvalue weighted by atomic mass is 79.9. The Morgan fingerprint density at radius 1 is 1.30 bits per heavy atom. The fourth-order valence-electron chi connectivity index (χ4n) is 2.91. The number of hydrogen-bond donors (Lipinski definition) is 1. The van der Waals surface area contributed by atoms with Gasteiger partial charge in [-0.25, -0.2) is 4.98 Å². The molecule has 2 aromatic rings. The van der Waals surface area contributed by atoms with Crippen LogP contribution in [0.3, 0.4) is 0 Å². The number of benzene rings is 1. The molecule has 0 saturated carbocycles. The molecular weight excluding hydrogens is 314 g/mol. The van der Waals surface area contributed by atoms with E-state index in [1.807, 2.05) is 0 Å². The van der Waals surface area contributed by atoms with Crippen LogP contribution in [0, 0.1) is 0 Å². The quantitative estimate of drug-likeness (QED) is 0.878. The summed E-state index contributed by atoms with van der Waals surface area (Å²) in [7, 11) is 0. The van der Waals surface area contributed by atoms with Crippen LogP contribution in [0.25, 0.3) is 11.0 Å². The Morgan fingerprint density at radius 2 is 1.95 bits per heavy atom. The fourth-order valence-corrected chi connectivity index (χ4v) is 3.26. The molecule has 0 amide bonds. The van der Waals surface area contributed by atoms with Crippen molar-refractivity contribution in [1.29, 1.82) is 0 Å². The lowest BCUT2D eigenvalue weighted by Crippen LogP contribution is -2.37. The van der Waals surface area contributed by atoms with Gasteiger partial charge in [0.25, 0.3) is 0 Å². The number of rotatable bonds is 5. The molecule has 1 aromatic carbocycles. The first-order valence-electron chi connectivity index (χ1n) is 7.37. The number of imidazole rings is 1. The molecule has 110 valence electrons. The summed E-state index contributed by atoms with van der Waals surface area (Å²) in [5.74, 6) is 1.13. The Hall–Kier alpha value is -0.870. The van der Waals surface area contributed by atoms with E-state index in [1.165, 1.54) is 5.52 Å². The minimum atomic E-state index is -0.0320. The van der Waals surface area contributed by atoms with E-state index in [4.69, 9.17) is 10.7 Å². The molecule has 3 nitrogen and oxygen atoms in total. The lowest BCUT2D eigenvalue weighted by atomic mass is 9.81. The van der Waals surface area contributed by atoms with Gasteiger partial charge in [0, 0.05) is 22.5 Å². The molecule has 0 aliphatic carbocycles. The molecular formula is C16H24BrN3. The SMILES string of the molecule is CCC(CC)(CN)c1nc2cc(Br)ccc2n1C(C)C. The van der Waals surface area contributed by atoms with Gasteiger partial charge in [0.05, 0.1) is 11.0 Å². The second-order valence-electron chi connectivity index (χ2n) is 5.72. The van der Waals surface area contributed by atoms with Crippen LogP contribution in [0.15, 0.2) is 22.7 Å². The molecule has 0 saturated heterocycles. The average molecular weight is 338 g/mol. The van der Waals surface area contributed by atoms with Gasteiger partial charge in [0.2, 0.25) is 0 Å². The van der Waals surface area contributed by atoms with Gasteiger partial charge < -0.3 is 10.3 Å². The van der Waals surface area contributed by atoms with Gasteiger partial charge in [-0.3, -0.25) is 0 Å². The lowest BCUT2D eigenvalue weighted by Gasteiger charge is -2.31. The third-order valence-electron chi connectivity index (χ3n) is 4.39. The van der Waals surface area contributed by atoms with Crippen LogP contribution >= 0.6 is 15.9 Å². The van der Waals surface area contributed by atoms with E-state index in [2.05, 4.69) is 66.4 Å². The Morgan fingerprint density at radius 3 is 2.45 bits per heavy atom. The van der Waals surface area contributed by atoms with Crippen LogP contribution in [0.4, 0.5) is 0 Å². The maximum absolute atomic E-state index is 6.12. The molecule has 0 aliphatic rings. The molecule has 1 aromatic heterocycles. The Bertz CT molecular complexity index is 589. The monoisotopic (exact) mass is 337 g/mol. The maximum atomic E-state index is 6.12. The van der Waals surface area contributed by atoms with E-state index in [1.54, 1.807) is 0 Å². The van der Waals surface area contributed by atoms with E-state index in [0.717, 1.165) is 28.7 Å². The van der Waals surface area contributed by atoms with Gasteiger partial charge in [-0.2, -0.15) is 0 Å². The van der Waals surface area contributed by atoms with Crippen LogP contribution < -0.4 is 5.73 Å². The van der Waals surface area contributed by atoms with Gasteiger partial charge in [-0.05, 0) is 44.9 Å². The van der Waals surface area contributed by atoms with Gasteiger partial charge in [0.1, 0.15) is 5.82 Å².